The summed E-state index contributed by atoms with van der Waals surface area (Å²) in [7, 11) is 0. The first-order valence-electron chi connectivity index (χ1n) is 13.5. The molecule has 0 radical (unpaired) electrons. The molecule has 0 saturated carbocycles. The Labute approximate surface area is 232 Å². The summed E-state index contributed by atoms with van der Waals surface area (Å²) in [6.45, 7) is 11.4. The van der Waals surface area contributed by atoms with Crippen LogP contribution in [0.15, 0.2) is 54.6 Å². The van der Waals surface area contributed by atoms with E-state index in [1.807, 2.05) is 12.1 Å². The van der Waals surface area contributed by atoms with Crippen molar-refractivity contribution >= 4 is 17.5 Å². The number of nitrogens with one attached hydrogen (secondary N) is 1. The lowest BCUT2D eigenvalue weighted by atomic mass is 9.96. The predicted molar refractivity (Wildman–Crippen MR) is 150 cm³/mol. The third kappa shape index (κ3) is 11.8. The average Bonchev–Trinajstić information content (AvgIpc) is 2.93. The minimum Gasteiger partial charge on any atom is -0.378 e. The van der Waals surface area contributed by atoms with Crippen LogP contribution in [0.5, 0.6) is 0 Å². The van der Waals surface area contributed by atoms with Gasteiger partial charge in [-0.2, -0.15) is 0 Å². The fourth-order valence-electron chi connectivity index (χ4n) is 4.39. The smallest absolute Gasteiger partial charge is 0.216 e. The van der Waals surface area contributed by atoms with Gasteiger partial charge < -0.3 is 24.3 Å². The Morgan fingerprint density at radius 2 is 1.29 bits per heavy atom. The number of amides is 1. The maximum Gasteiger partial charge on any atom is 0.216 e. The van der Waals surface area contributed by atoms with Crippen LogP contribution in [0.4, 0.5) is 0 Å². The summed E-state index contributed by atoms with van der Waals surface area (Å²) >= 11 is 6.15. The number of nitrogens with zero attached hydrogens (tertiary/aromatic N) is 2. The molecule has 1 atom stereocenters. The SMILES string of the molecule is CC(=O)NCCOCCOCCOCCOCCN1CCN(C(c2ccccc2)c2ccc(Cl)cc2)CC1. The van der Waals surface area contributed by atoms with Gasteiger partial charge in [-0.3, -0.25) is 14.6 Å². The molecule has 38 heavy (non-hydrogen) atoms. The number of halogens is 1. The third-order valence-corrected chi connectivity index (χ3v) is 6.61. The zero-order valence-corrected chi connectivity index (χ0v) is 23.2. The number of piperazine rings is 1. The van der Waals surface area contributed by atoms with Crippen molar-refractivity contribution in [2.24, 2.45) is 0 Å². The van der Waals surface area contributed by atoms with Crippen LogP contribution in [0.2, 0.25) is 5.02 Å². The van der Waals surface area contributed by atoms with Crippen molar-refractivity contribution in [3.63, 3.8) is 0 Å². The van der Waals surface area contributed by atoms with Crippen molar-refractivity contribution in [2.45, 2.75) is 13.0 Å². The average molecular weight is 548 g/mol. The van der Waals surface area contributed by atoms with Crippen molar-refractivity contribution in [3.8, 4) is 0 Å². The van der Waals surface area contributed by atoms with Gasteiger partial charge in [-0.15, -0.1) is 0 Å². The van der Waals surface area contributed by atoms with Crippen molar-refractivity contribution in [2.75, 3.05) is 92.1 Å². The molecule has 1 heterocycles. The minimum absolute atomic E-state index is 0.0489. The number of hydrogen-bond acceptors (Lipinski definition) is 7. The summed E-state index contributed by atoms with van der Waals surface area (Å²) in [5.41, 5.74) is 2.58. The maximum atomic E-state index is 10.7. The summed E-state index contributed by atoms with van der Waals surface area (Å²) < 4.78 is 22.2. The zero-order valence-electron chi connectivity index (χ0n) is 22.5. The molecule has 2 aromatic carbocycles. The highest BCUT2D eigenvalue weighted by atomic mass is 35.5. The Morgan fingerprint density at radius 1 is 0.763 bits per heavy atom. The quantitative estimate of drug-likeness (QED) is 0.287. The summed E-state index contributed by atoms with van der Waals surface area (Å²) in [6.07, 6.45) is 0. The summed E-state index contributed by atoms with van der Waals surface area (Å²) in [6, 6.07) is 19.2. The molecule has 9 heteroatoms. The van der Waals surface area contributed by atoms with Gasteiger partial charge in [0, 0.05) is 51.2 Å². The van der Waals surface area contributed by atoms with Gasteiger partial charge in [0.05, 0.1) is 58.9 Å². The van der Waals surface area contributed by atoms with E-state index in [4.69, 9.17) is 30.5 Å². The van der Waals surface area contributed by atoms with Gasteiger partial charge in [0.15, 0.2) is 0 Å². The molecule has 1 amide bonds. The van der Waals surface area contributed by atoms with E-state index in [0.717, 1.165) is 37.7 Å². The van der Waals surface area contributed by atoms with E-state index < -0.39 is 0 Å². The van der Waals surface area contributed by atoms with Gasteiger partial charge in [-0.1, -0.05) is 54.1 Å². The second-order valence-electron chi connectivity index (χ2n) is 9.17. The van der Waals surface area contributed by atoms with Crippen LogP contribution < -0.4 is 5.32 Å². The fourth-order valence-corrected chi connectivity index (χ4v) is 4.52. The molecule has 1 saturated heterocycles. The summed E-state index contributed by atoms with van der Waals surface area (Å²) in [5.74, 6) is -0.0489. The van der Waals surface area contributed by atoms with Crippen LogP contribution in [0.1, 0.15) is 24.1 Å². The van der Waals surface area contributed by atoms with E-state index in [1.54, 1.807) is 0 Å². The number of rotatable bonds is 18. The second kappa shape index (κ2) is 18.3. The molecule has 0 aromatic heterocycles. The Kier molecular flexibility index (Phi) is 14.7. The molecule has 1 N–H and O–H groups in total. The van der Waals surface area contributed by atoms with Gasteiger partial charge >= 0.3 is 0 Å². The van der Waals surface area contributed by atoms with Crippen LogP contribution in [-0.4, -0.2) is 108 Å². The van der Waals surface area contributed by atoms with E-state index in [2.05, 4.69) is 57.6 Å². The Balaban J connectivity index is 1.21. The minimum atomic E-state index is -0.0489. The van der Waals surface area contributed by atoms with Crippen molar-refractivity contribution < 1.29 is 23.7 Å². The molecule has 0 bridgehead atoms. The Morgan fingerprint density at radius 3 is 1.87 bits per heavy atom. The van der Waals surface area contributed by atoms with Crippen molar-refractivity contribution in [3.05, 3.63) is 70.7 Å². The monoisotopic (exact) mass is 547 g/mol. The first-order valence-corrected chi connectivity index (χ1v) is 13.8. The summed E-state index contributed by atoms with van der Waals surface area (Å²) in [5, 5.41) is 3.44. The van der Waals surface area contributed by atoms with E-state index in [1.165, 1.54) is 18.1 Å². The van der Waals surface area contributed by atoms with Crippen LogP contribution in [-0.2, 0) is 23.7 Å². The van der Waals surface area contributed by atoms with E-state index in [0.29, 0.717) is 59.4 Å². The lowest BCUT2D eigenvalue weighted by Crippen LogP contribution is -2.48. The Hall–Kier alpha value is -2.04. The highest BCUT2D eigenvalue weighted by Crippen LogP contribution is 2.30. The van der Waals surface area contributed by atoms with E-state index in [9.17, 15) is 4.79 Å². The number of carbonyl (C=O) groups excluding carboxylic acids is 1. The molecule has 0 aliphatic carbocycles. The first-order chi connectivity index (χ1) is 18.6. The van der Waals surface area contributed by atoms with Gasteiger partial charge in [-0.25, -0.2) is 0 Å². The molecule has 1 fully saturated rings. The van der Waals surface area contributed by atoms with E-state index in [-0.39, 0.29) is 11.9 Å². The summed E-state index contributed by atoms with van der Waals surface area (Å²) in [4.78, 5) is 15.8. The molecule has 1 unspecified atom stereocenters. The molecular formula is C29H42ClN3O5. The molecular weight excluding hydrogens is 506 g/mol. The zero-order chi connectivity index (χ0) is 26.8. The second-order valence-corrected chi connectivity index (χ2v) is 9.61. The van der Waals surface area contributed by atoms with Crippen LogP contribution in [0.25, 0.3) is 0 Å². The highest BCUT2D eigenvalue weighted by molar-refractivity contribution is 6.30. The fraction of sp³-hybridized carbons (Fsp3) is 0.552. The number of ether oxygens (including phenoxy) is 4. The maximum absolute atomic E-state index is 10.7. The van der Waals surface area contributed by atoms with Gasteiger partial charge in [0.25, 0.3) is 0 Å². The van der Waals surface area contributed by atoms with Crippen LogP contribution in [0.3, 0.4) is 0 Å². The Bertz CT molecular complexity index is 895. The van der Waals surface area contributed by atoms with E-state index >= 15 is 0 Å². The highest BCUT2D eigenvalue weighted by Gasteiger charge is 2.26. The number of hydrogen-bond donors (Lipinski definition) is 1. The normalized spacial score (nSPS) is 15.4. The van der Waals surface area contributed by atoms with Gasteiger partial charge in [-0.05, 0) is 23.3 Å². The van der Waals surface area contributed by atoms with Crippen molar-refractivity contribution in [1.82, 2.24) is 15.1 Å². The topological polar surface area (TPSA) is 72.5 Å². The number of benzene rings is 2. The molecule has 0 spiro atoms. The van der Waals surface area contributed by atoms with Crippen LogP contribution >= 0.6 is 11.6 Å². The molecule has 2 aromatic rings. The van der Waals surface area contributed by atoms with Gasteiger partial charge in [0.1, 0.15) is 0 Å². The molecule has 3 rings (SSSR count). The lowest BCUT2D eigenvalue weighted by Gasteiger charge is -2.39. The predicted octanol–water partition coefficient (Wildman–Crippen LogP) is 3.25. The molecule has 8 nitrogen and oxygen atoms in total. The standard InChI is InChI=1S/C29H42ClN3O5/c1-25(34)31-11-17-35-19-21-37-23-24-38-22-20-36-18-16-32-12-14-33(15-13-32)29(26-5-3-2-4-6-26)27-7-9-28(30)10-8-27/h2-10,29H,11-24H2,1H3,(H,31,34). The molecule has 1 aliphatic heterocycles. The lowest BCUT2D eigenvalue weighted by molar-refractivity contribution is -0.119. The first kappa shape index (κ1) is 30.5. The third-order valence-electron chi connectivity index (χ3n) is 6.36. The van der Waals surface area contributed by atoms with Crippen LogP contribution in [0, 0.1) is 0 Å². The number of carbonyl (C=O) groups is 1. The molecule has 1 aliphatic rings. The largest absolute Gasteiger partial charge is 0.378 e. The van der Waals surface area contributed by atoms with Crippen molar-refractivity contribution in [1.29, 1.82) is 0 Å². The van der Waals surface area contributed by atoms with Gasteiger partial charge in [0.2, 0.25) is 5.91 Å². The molecule has 210 valence electrons.